The molecule has 2 heterocycles. The minimum Gasteiger partial charge on any atom is -0.369 e. The standard InChI is InChI=1S/C28H39N3O/c32-28(31-21-25-10-5-6-11-26(25)22-31)12-2-1-7-15-29-16-18-30(19-17-29)27-14-13-23-8-3-4-9-24(23)20-27/h5,10,13-14,20H,1-4,6-9,11-12,15-19,21-22H2. The predicted octanol–water partition coefficient (Wildman–Crippen LogP) is 4.74. The van der Waals surface area contributed by atoms with Gasteiger partial charge in [-0.15, -0.1) is 0 Å². The Balaban J connectivity index is 0.969. The molecule has 1 amide bonds. The van der Waals surface area contributed by atoms with Crippen LogP contribution in [-0.2, 0) is 17.6 Å². The zero-order valence-corrected chi connectivity index (χ0v) is 19.7. The fourth-order valence-corrected chi connectivity index (χ4v) is 5.87. The highest BCUT2D eigenvalue weighted by molar-refractivity contribution is 5.77. The van der Waals surface area contributed by atoms with Gasteiger partial charge in [-0.25, -0.2) is 0 Å². The van der Waals surface area contributed by atoms with Crippen LogP contribution in [-0.4, -0.2) is 61.5 Å². The molecule has 4 nitrogen and oxygen atoms in total. The van der Waals surface area contributed by atoms with Crippen LogP contribution in [0.15, 0.2) is 41.5 Å². The van der Waals surface area contributed by atoms with Gasteiger partial charge >= 0.3 is 0 Å². The van der Waals surface area contributed by atoms with Crippen LogP contribution in [0.1, 0.15) is 62.5 Å². The molecular formula is C28H39N3O. The van der Waals surface area contributed by atoms with Crippen LogP contribution in [0.25, 0.3) is 0 Å². The number of carbonyl (C=O) groups is 1. The number of fused-ring (bicyclic) bond motifs is 1. The minimum absolute atomic E-state index is 0.353. The third-order valence-corrected chi connectivity index (χ3v) is 7.92. The lowest BCUT2D eigenvalue weighted by molar-refractivity contribution is -0.130. The van der Waals surface area contributed by atoms with E-state index in [1.165, 1.54) is 55.5 Å². The Morgan fingerprint density at radius 3 is 2.56 bits per heavy atom. The topological polar surface area (TPSA) is 26.8 Å². The SMILES string of the molecule is O=C(CCCCCN1CCN(c2ccc3c(c2)CCCC3)CC1)N1CC2=C(CCC=C2)C1. The lowest BCUT2D eigenvalue weighted by atomic mass is 9.91. The molecule has 2 aliphatic heterocycles. The van der Waals surface area contributed by atoms with E-state index in [1.807, 2.05) is 0 Å². The number of aryl methyl sites for hydroxylation is 2. The van der Waals surface area contributed by atoms with Gasteiger partial charge in [-0.05, 0) is 92.3 Å². The van der Waals surface area contributed by atoms with Crippen molar-refractivity contribution in [1.29, 1.82) is 0 Å². The van der Waals surface area contributed by atoms with Gasteiger partial charge in [0.25, 0.3) is 0 Å². The van der Waals surface area contributed by atoms with Gasteiger partial charge in [-0.2, -0.15) is 0 Å². The van der Waals surface area contributed by atoms with Crippen LogP contribution < -0.4 is 4.90 Å². The number of amides is 1. The lowest BCUT2D eigenvalue weighted by Gasteiger charge is -2.36. The van der Waals surface area contributed by atoms with Gasteiger partial charge in [0.1, 0.15) is 0 Å². The van der Waals surface area contributed by atoms with Crippen molar-refractivity contribution in [3.8, 4) is 0 Å². The van der Waals surface area contributed by atoms with Crippen molar-refractivity contribution in [1.82, 2.24) is 9.80 Å². The first-order valence-electron chi connectivity index (χ1n) is 13.0. The molecular weight excluding hydrogens is 394 g/mol. The Labute approximate surface area is 193 Å². The summed E-state index contributed by atoms with van der Waals surface area (Å²) in [4.78, 5) is 19.8. The van der Waals surface area contributed by atoms with Crippen LogP contribution in [0, 0.1) is 0 Å². The van der Waals surface area contributed by atoms with Crippen LogP contribution in [0.3, 0.4) is 0 Å². The van der Waals surface area contributed by atoms with Crippen molar-refractivity contribution in [2.75, 3.05) is 50.7 Å². The summed E-state index contributed by atoms with van der Waals surface area (Å²) >= 11 is 0. The van der Waals surface area contributed by atoms with Crippen molar-refractivity contribution in [3.05, 3.63) is 52.6 Å². The van der Waals surface area contributed by atoms with Gasteiger partial charge in [0, 0.05) is 51.4 Å². The maximum Gasteiger partial charge on any atom is 0.223 e. The molecule has 1 aromatic rings. The monoisotopic (exact) mass is 433 g/mol. The Morgan fingerprint density at radius 1 is 0.875 bits per heavy atom. The Kier molecular flexibility index (Phi) is 6.97. The number of nitrogens with zero attached hydrogens (tertiary/aromatic N) is 3. The molecule has 1 saturated heterocycles. The molecule has 2 aliphatic carbocycles. The van der Waals surface area contributed by atoms with E-state index in [0.29, 0.717) is 5.91 Å². The van der Waals surface area contributed by atoms with Crippen LogP contribution in [0.5, 0.6) is 0 Å². The van der Waals surface area contributed by atoms with E-state index >= 15 is 0 Å². The zero-order chi connectivity index (χ0) is 21.8. The number of hydrogen-bond donors (Lipinski definition) is 0. The predicted molar refractivity (Wildman–Crippen MR) is 132 cm³/mol. The number of anilines is 1. The summed E-state index contributed by atoms with van der Waals surface area (Å²) in [6.07, 6.45) is 16.1. The molecule has 0 saturated carbocycles. The molecule has 0 unspecified atom stereocenters. The largest absolute Gasteiger partial charge is 0.369 e. The van der Waals surface area contributed by atoms with Gasteiger partial charge in [-0.3, -0.25) is 9.69 Å². The van der Waals surface area contributed by atoms with E-state index in [2.05, 4.69) is 45.1 Å². The van der Waals surface area contributed by atoms with Gasteiger partial charge in [0.15, 0.2) is 0 Å². The van der Waals surface area contributed by atoms with E-state index in [4.69, 9.17) is 0 Å². The second kappa shape index (κ2) is 10.2. The van der Waals surface area contributed by atoms with Gasteiger partial charge in [-0.1, -0.05) is 24.6 Å². The average molecular weight is 434 g/mol. The second-order valence-electron chi connectivity index (χ2n) is 10.1. The molecule has 172 valence electrons. The summed E-state index contributed by atoms with van der Waals surface area (Å²) in [6, 6.07) is 7.19. The third-order valence-electron chi connectivity index (χ3n) is 7.92. The number of allylic oxidation sites excluding steroid dienone is 1. The molecule has 5 rings (SSSR count). The second-order valence-corrected chi connectivity index (χ2v) is 10.1. The summed E-state index contributed by atoms with van der Waals surface area (Å²) in [5.74, 6) is 0.353. The highest BCUT2D eigenvalue weighted by Crippen LogP contribution is 2.28. The fourth-order valence-electron chi connectivity index (χ4n) is 5.87. The first-order valence-corrected chi connectivity index (χ1v) is 13.0. The zero-order valence-electron chi connectivity index (χ0n) is 19.7. The molecule has 1 aromatic carbocycles. The maximum atomic E-state index is 12.6. The summed E-state index contributed by atoms with van der Waals surface area (Å²) in [7, 11) is 0. The van der Waals surface area contributed by atoms with E-state index in [9.17, 15) is 4.79 Å². The van der Waals surface area contributed by atoms with E-state index < -0.39 is 0 Å². The fraction of sp³-hybridized carbons (Fsp3) is 0.607. The number of carbonyl (C=O) groups excluding carboxylic acids is 1. The minimum atomic E-state index is 0.353. The van der Waals surface area contributed by atoms with Crippen molar-refractivity contribution < 1.29 is 4.79 Å². The summed E-state index contributed by atoms with van der Waals surface area (Å²) in [5.41, 5.74) is 7.49. The van der Waals surface area contributed by atoms with E-state index in [-0.39, 0.29) is 0 Å². The number of unbranched alkanes of at least 4 members (excludes halogenated alkanes) is 2. The quantitative estimate of drug-likeness (QED) is 0.581. The van der Waals surface area contributed by atoms with Crippen molar-refractivity contribution in [2.45, 2.75) is 64.2 Å². The molecule has 4 aliphatic rings. The molecule has 1 fully saturated rings. The smallest absolute Gasteiger partial charge is 0.223 e. The number of rotatable bonds is 7. The Morgan fingerprint density at radius 2 is 1.72 bits per heavy atom. The molecule has 0 atom stereocenters. The summed E-state index contributed by atoms with van der Waals surface area (Å²) in [6.45, 7) is 7.50. The van der Waals surface area contributed by atoms with Crippen LogP contribution in [0.4, 0.5) is 5.69 Å². The molecule has 0 bridgehead atoms. The number of benzene rings is 1. The lowest BCUT2D eigenvalue weighted by Crippen LogP contribution is -2.46. The third kappa shape index (κ3) is 5.11. The Bertz CT molecular complexity index is 879. The molecule has 0 radical (unpaired) electrons. The van der Waals surface area contributed by atoms with E-state index in [1.54, 1.807) is 11.1 Å². The summed E-state index contributed by atoms with van der Waals surface area (Å²) in [5, 5.41) is 0. The van der Waals surface area contributed by atoms with E-state index in [0.717, 1.165) is 71.4 Å². The highest BCUT2D eigenvalue weighted by atomic mass is 16.2. The van der Waals surface area contributed by atoms with Gasteiger partial charge < -0.3 is 9.80 Å². The first-order chi connectivity index (χ1) is 15.8. The van der Waals surface area contributed by atoms with Crippen LogP contribution >= 0.6 is 0 Å². The molecule has 0 N–H and O–H groups in total. The van der Waals surface area contributed by atoms with Crippen molar-refractivity contribution in [2.24, 2.45) is 0 Å². The van der Waals surface area contributed by atoms with Crippen molar-refractivity contribution in [3.63, 3.8) is 0 Å². The molecule has 0 spiro atoms. The highest BCUT2D eigenvalue weighted by Gasteiger charge is 2.25. The molecule has 32 heavy (non-hydrogen) atoms. The average Bonchev–Trinajstić information content (AvgIpc) is 3.28. The van der Waals surface area contributed by atoms with Crippen LogP contribution in [0.2, 0.25) is 0 Å². The first kappa shape index (κ1) is 21.8. The van der Waals surface area contributed by atoms with Gasteiger partial charge in [0.2, 0.25) is 5.91 Å². The normalized spacial score (nSPS) is 21.1. The number of hydrogen-bond acceptors (Lipinski definition) is 3. The number of piperazine rings is 1. The maximum absolute atomic E-state index is 12.6. The van der Waals surface area contributed by atoms with Gasteiger partial charge in [0.05, 0.1) is 0 Å². The molecule has 4 heteroatoms. The summed E-state index contributed by atoms with van der Waals surface area (Å²) < 4.78 is 0. The molecule has 0 aromatic heterocycles. The Hall–Kier alpha value is -2.07. The van der Waals surface area contributed by atoms with Crippen molar-refractivity contribution >= 4 is 11.6 Å².